The first-order valence-electron chi connectivity index (χ1n) is 11.3. The van der Waals surface area contributed by atoms with Crippen LogP contribution in [0.3, 0.4) is 0 Å². The van der Waals surface area contributed by atoms with Crippen molar-refractivity contribution in [3.8, 4) is 17.0 Å². The molecular formula is C26H25F3N4O3S. The molecule has 4 rings (SSSR count). The number of aromatic nitrogens is 2. The van der Waals surface area contributed by atoms with Gasteiger partial charge in [-0.15, -0.1) is 23.4 Å². The molecule has 0 aliphatic rings. The summed E-state index contributed by atoms with van der Waals surface area (Å²) < 4.78 is 70.0. The van der Waals surface area contributed by atoms with Gasteiger partial charge in [0.05, 0.1) is 4.90 Å². The number of aryl methyl sites for hydroxylation is 1. The highest BCUT2D eigenvalue weighted by Crippen LogP contribution is 2.33. The number of anilines is 2. The minimum absolute atomic E-state index is 0.147. The van der Waals surface area contributed by atoms with E-state index >= 15 is 0 Å². The number of nitrogens with one attached hydrogen (secondary N) is 2. The van der Waals surface area contributed by atoms with Gasteiger partial charge in [0.25, 0.3) is 0 Å². The third kappa shape index (κ3) is 6.36. The van der Waals surface area contributed by atoms with Crippen LogP contribution in [0.2, 0.25) is 0 Å². The van der Waals surface area contributed by atoms with E-state index in [0.29, 0.717) is 39.1 Å². The summed E-state index contributed by atoms with van der Waals surface area (Å²) in [5.74, 6) is 0.0496. The second-order valence-corrected chi connectivity index (χ2v) is 11.1. The quantitative estimate of drug-likeness (QED) is 0.303. The van der Waals surface area contributed by atoms with Crippen LogP contribution < -0.4 is 14.8 Å². The SMILES string of the molecule is Cc1ccc(-c2nnc(Nc3ccc(OC(F)(F)F)cc3)c3ccccc23)cc1S(=O)(=O)NC(C)(C)C. The van der Waals surface area contributed by atoms with E-state index in [1.165, 1.54) is 24.3 Å². The van der Waals surface area contributed by atoms with Crippen molar-refractivity contribution in [1.82, 2.24) is 14.9 Å². The normalized spacial score (nSPS) is 12.5. The summed E-state index contributed by atoms with van der Waals surface area (Å²) in [5, 5.41) is 13.1. The number of halogens is 3. The highest BCUT2D eigenvalue weighted by molar-refractivity contribution is 7.89. The number of benzene rings is 3. The molecule has 0 aliphatic carbocycles. The van der Waals surface area contributed by atoms with Gasteiger partial charge >= 0.3 is 6.36 Å². The summed E-state index contributed by atoms with van der Waals surface area (Å²) in [4.78, 5) is 0.147. The zero-order valence-electron chi connectivity index (χ0n) is 20.5. The van der Waals surface area contributed by atoms with E-state index < -0.39 is 21.9 Å². The zero-order chi connectivity index (χ0) is 27.0. The zero-order valence-corrected chi connectivity index (χ0v) is 21.3. The average molecular weight is 531 g/mol. The van der Waals surface area contributed by atoms with Gasteiger partial charge in [0, 0.05) is 27.6 Å². The third-order valence-corrected chi connectivity index (χ3v) is 7.13. The van der Waals surface area contributed by atoms with E-state index in [2.05, 4.69) is 25.0 Å². The number of hydrogen-bond donors (Lipinski definition) is 2. The number of nitrogens with zero attached hydrogens (tertiary/aromatic N) is 2. The van der Waals surface area contributed by atoms with Gasteiger partial charge in [0.1, 0.15) is 11.4 Å². The molecule has 4 aromatic rings. The molecule has 0 unspecified atom stereocenters. The largest absolute Gasteiger partial charge is 0.573 e. The minimum atomic E-state index is -4.77. The third-order valence-electron chi connectivity index (χ3n) is 5.23. The molecule has 0 fully saturated rings. The summed E-state index contributed by atoms with van der Waals surface area (Å²) in [5.41, 5.74) is 1.48. The number of rotatable bonds is 6. The molecule has 11 heteroatoms. The van der Waals surface area contributed by atoms with Crippen LogP contribution in [0, 0.1) is 6.92 Å². The Hall–Kier alpha value is -3.70. The molecule has 0 atom stereocenters. The van der Waals surface area contributed by atoms with Crippen molar-refractivity contribution in [2.75, 3.05) is 5.32 Å². The van der Waals surface area contributed by atoms with Crippen LogP contribution in [0.1, 0.15) is 26.3 Å². The molecule has 1 aromatic heterocycles. The number of sulfonamides is 1. The first kappa shape index (κ1) is 26.4. The number of alkyl halides is 3. The van der Waals surface area contributed by atoms with Crippen molar-refractivity contribution in [2.45, 2.75) is 44.5 Å². The van der Waals surface area contributed by atoms with Crippen LogP contribution in [0.25, 0.3) is 22.0 Å². The Balaban J connectivity index is 1.72. The van der Waals surface area contributed by atoms with Crippen molar-refractivity contribution >= 4 is 32.3 Å². The summed E-state index contributed by atoms with van der Waals surface area (Å²) in [6, 6.07) is 17.6. The van der Waals surface area contributed by atoms with Gasteiger partial charge in [0.2, 0.25) is 10.0 Å². The fourth-order valence-electron chi connectivity index (χ4n) is 3.78. The summed E-state index contributed by atoms with van der Waals surface area (Å²) >= 11 is 0. The Morgan fingerprint density at radius 3 is 2.14 bits per heavy atom. The van der Waals surface area contributed by atoms with Crippen molar-refractivity contribution in [3.05, 3.63) is 72.3 Å². The second-order valence-electron chi connectivity index (χ2n) is 9.48. The summed E-state index contributed by atoms with van der Waals surface area (Å²) in [6.07, 6.45) is -4.77. The molecule has 0 spiro atoms. The standard InChI is InChI=1S/C26H25F3N4O3S/c1-16-9-10-17(15-22(16)37(34,35)33-25(2,3)4)23-20-7-5-6-8-21(20)24(32-31-23)30-18-11-13-19(14-12-18)36-26(27,28)29/h5-15,33H,1-4H3,(H,30,32). The molecule has 37 heavy (non-hydrogen) atoms. The van der Waals surface area contributed by atoms with Crippen LogP contribution in [0.4, 0.5) is 24.7 Å². The van der Waals surface area contributed by atoms with Crippen LogP contribution in [0.5, 0.6) is 5.75 Å². The first-order chi connectivity index (χ1) is 17.2. The molecule has 194 valence electrons. The number of ether oxygens (including phenoxy) is 1. The highest BCUT2D eigenvalue weighted by Gasteiger charge is 2.31. The molecule has 0 saturated carbocycles. The molecule has 0 bridgehead atoms. The van der Waals surface area contributed by atoms with E-state index in [9.17, 15) is 21.6 Å². The minimum Gasteiger partial charge on any atom is -0.406 e. The van der Waals surface area contributed by atoms with Gasteiger partial charge in [-0.3, -0.25) is 0 Å². The maximum absolute atomic E-state index is 13.0. The molecule has 3 aromatic carbocycles. The predicted octanol–water partition coefficient (Wildman–Crippen LogP) is 6.32. The van der Waals surface area contributed by atoms with Gasteiger partial charge in [-0.1, -0.05) is 36.4 Å². The molecule has 0 amide bonds. The van der Waals surface area contributed by atoms with Crippen LogP contribution in [-0.4, -0.2) is 30.5 Å². The Kier molecular flexibility index (Phi) is 6.87. The van der Waals surface area contributed by atoms with Crippen LogP contribution in [-0.2, 0) is 10.0 Å². The van der Waals surface area contributed by atoms with Gasteiger partial charge in [-0.2, -0.15) is 0 Å². The molecule has 0 saturated heterocycles. The topological polar surface area (TPSA) is 93.2 Å². The van der Waals surface area contributed by atoms with E-state index in [0.717, 1.165) is 0 Å². The lowest BCUT2D eigenvalue weighted by molar-refractivity contribution is -0.274. The lowest BCUT2D eigenvalue weighted by Gasteiger charge is -2.21. The van der Waals surface area contributed by atoms with Gasteiger partial charge in [0.15, 0.2) is 5.82 Å². The van der Waals surface area contributed by atoms with Crippen molar-refractivity contribution < 1.29 is 26.3 Å². The van der Waals surface area contributed by atoms with E-state index in [4.69, 9.17) is 0 Å². The average Bonchev–Trinajstić information content (AvgIpc) is 2.78. The maximum atomic E-state index is 13.0. The number of hydrogen-bond acceptors (Lipinski definition) is 6. The summed E-state index contributed by atoms with van der Waals surface area (Å²) in [7, 11) is -3.79. The Morgan fingerprint density at radius 1 is 0.865 bits per heavy atom. The molecule has 2 N–H and O–H groups in total. The fourth-order valence-corrected chi connectivity index (χ4v) is 5.47. The maximum Gasteiger partial charge on any atom is 0.573 e. The molecule has 0 radical (unpaired) electrons. The van der Waals surface area contributed by atoms with Crippen LogP contribution in [0.15, 0.2) is 71.6 Å². The van der Waals surface area contributed by atoms with Crippen molar-refractivity contribution in [3.63, 3.8) is 0 Å². The Labute approximate surface area is 212 Å². The molecular weight excluding hydrogens is 505 g/mol. The van der Waals surface area contributed by atoms with Gasteiger partial charge in [-0.05, 0) is 63.6 Å². The lowest BCUT2D eigenvalue weighted by atomic mass is 10.0. The van der Waals surface area contributed by atoms with E-state index in [1.54, 1.807) is 45.9 Å². The monoisotopic (exact) mass is 530 g/mol. The molecule has 0 aliphatic heterocycles. The van der Waals surface area contributed by atoms with Crippen molar-refractivity contribution in [2.24, 2.45) is 0 Å². The highest BCUT2D eigenvalue weighted by atomic mass is 32.2. The van der Waals surface area contributed by atoms with E-state index in [-0.39, 0.29) is 10.6 Å². The second kappa shape index (κ2) is 9.64. The van der Waals surface area contributed by atoms with Gasteiger partial charge < -0.3 is 10.1 Å². The number of fused-ring (bicyclic) bond motifs is 1. The smallest absolute Gasteiger partial charge is 0.406 e. The van der Waals surface area contributed by atoms with E-state index in [1.807, 2.05) is 24.3 Å². The van der Waals surface area contributed by atoms with Gasteiger partial charge in [-0.25, -0.2) is 13.1 Å². The molecule has 7 nitrogen and oxygen atoms in total. The Bertz CT molecular complexity index is 1550. The predicted molar refractivity (Wildman–Crippen MR) is 136 cm³/mol. The fraction of sp³-hybridized carbons (Fsp3) is 0.231. The first-order valence-corrected chi connectivity index (χ1v) is 12.7. The van der Waals surface area contributed by atoms with Crippen molar-refractivity contribution in [1.29, 1.82) is 0 Å². The lowest BCUT2D eigenvalue weighted by Crippen LogP contribution is -2.40. The Morgan fingerprint density at radius 2 is 1.51 bits per heavy atom. The molecule has 1 heterocycles. The van der Waals surface area contributed by atoms with Crippen LogP contribution >= 0.6 is 0 Å². The summed E-state index contributed by atoms with van der Waals surface area (Å²) in [6.45, 7) is 7.03.